The first-order chi connectivity index (χ1) is 9.13. The van der Waals surface area contributed by atoms with Crippen molar-refractivity contribution in [2.24, 2.45) is 0 Å². The van der Waals surface area contributed by atoms with Gasteiger partial charge in [-0.05, 0) is 26.7 Å². The molecule has 1 aromatic rings. The SMILES string of the molecule is CCOC(=O)CN(c1cc(OC)nc(C)n1)C1CC1. The Bertz CT molecular complexity index is 460. The lowest BCUT2D eigenvalue weighted by molar-refractivity contribution is -0.141. The molecular weight excluding hydrogens is 246 g/mol. The summed E-state index contributed by atoms with van der Waals surface area (Å²) in [6, 6.07) is 2.12. The van der Waals surface area contributed by atoms with E-state index >= 15 is 0 Å². The number of rotatable bonds is 6. The fourth-order valence-electron chi connectivity index (χ4n) is 1.91. The number of aromatic nitrogens is 2. The molecule has 6 heteroatoms. The van der Waals surface area contributed by atoms with Crippen LogP contribution in [-0.4, -0.2) is 42.2 Å². The predicted molar refractivity (Wildman–Crippen MR) is 70.3 cm³/mol. The molecule has 0 saturated heterocycles. The summed E-state index contributed by atoms with van der Waals surface area (Å²) in [5.41, 5.74) is 0. The van der Waals surface area contributed by atoms with E-state index < -0.39 is 0 Å². The molecule has 1 aromatic heterocycles. The highest BCUT2D eigenvalue weighted by Gasteiger charge is 2.32. The van der Waals surface area contributed by atoms with Gasteiger partial charge in [-0.2, -0.15) is 4.98 Å². The van der Waals surface area contributed by atoms with Gasteiger partial charge in [-0.1, -0.05) is 0 Å². The molecule has 0 N–H and O–H groups in total. The number of aryl methyl sites for hydroxylation is 1. The Morgan fingerprint density at radius 2 is 2.21 bits per heavy atom. The number of ether oxygens (including phenoxy) is 2. The van der Waals surface area contributed by atoms with Crippen molar-refractivity contribution in [3.05, 3.63) is 11.9 Å². The van der Waals surface area contributed by atoms with E-state index in [9.17, 15) is 4.79 Å². The van der Waals surface area contributed by atoms with Crippen molar-refractivity contribution in [2.45, 2.75) is 32.7 Å². The average molecular weight is 265 g/mol. The summed E-state index contributed by atoms with van der Waals surface area (Å²) in [4.78, 5) is 22.2. The molecule has 2 rings (SSSR count). The van der Waals surface area contributed by atoms with Gasteiger partial charge in [0.2, 0.25) is 5.88 Å². The molecule has 0 bridgehead atoms. The number of esters is 1. The van der Waals surface area contributed by atoms with Crippen LogP contribution in [0.15, 0.2) is 6.07 Å². The van der Waals surface area contributed by atoms with Gasteiger partial charge in [0.1, 0.15) is 18.2 Å². The number of carbonyl (C=O) groups excluding carboxylic acids is 1. The maximum Gasteiger partial charge on any atom is 0.325 e. The number of nitrogens with zero attached hydrogens (tertiary/aromatic N) is 3. The smallest absolute Gasteiger partial charge is 0.325 e. The topological polar surface area (TPSA) is 64.5 Å². The van der Waals surface area contributed by atoms with Gasteiger partial charge in [0.25, 0.3) is 0 Å². The number of carbonyl (C=O) groups is 1. The van der Waals surface area contributed by atoms with Gasteiger partial charge in [-0.25, -0.2) is 4.98 Å². The number of methoxy groups -OCH3 is 1. The third-order valence-corrected chi connectivity index (χ3v) is 2.90. The first-order valence-electron chi connectivity index (χ1n) is 6.46. The molecular formula is C13H19N3O3. The molecule has 0 unspecified atom stereocenters. The van der Waals surface area contributed by atoms with Crippen molar-refractivity contribution in [1.82, 2.24) is 9.97 Å². The van der Waals surface area contributed by atoms with Crippen molar-refractivity contribution >= 4 is 11.8 Å². The zero-order valence-electron chi connectivity index (χ0n) is 11.5. The van der Waals surface area contributed by atoms with E-state index in [1.165, 1.54) is 0 Å². The van der Waals surface area contributed by atoms with E-state index in [2.05, 4.69) is 9.97 Å². The van der Waals surface area contributed by atoms with Crippen molar-refractivity contribution < 1.29 is 14.3 Å². The van der Waals surface area contributed by atoms with Crippen LogP contribution >= 0.6 is 0 Å². The van der Waals surface area contributed by atoms with E-state index in [-0.39, 0.29) is 12.5 Å². The molecule has 0 aliphatic heterocycles. The van der Waals surface area contributed by atoms with Crippen molar-refractivity contribution in [2.75, 3.05) is 25.2 Å². The van der Waals surface area contributed by atoms with Crippen LogP contribution in [0.4, 0.5) is 5.82 Å². The van der Waals surface area contributed by atoms with Gasteiger partial charge < -0.3 is 14.4 Å². The second-order valence-electron chi connectivity index (χ2n) is 4.48. The highest BCUT2D eigenvalue weighted by molar-refractivity contribution is 5.75. The maximum atomic E-state index is 11.7. The van der Waals surface area contributed by atoms with Crippen LogP contribution in [0.2, 0.25) is 0 Å². The Morgan fingerprint density at radius 3 is 2.79 bits per heavy atom. The van der Waals surface area contributed by atoms with E-state index in [4.69, 9.17) is 9.47 Å². The van der Waals surface area contributed by atoms with E-state index in [0.717, 1.165) is 18.7 Å². The first kappa shape index (κ1) is 13.6. The normalized spacial score (nSPS) is 14.1. The summed E-state index contributed by atoms with van der Waals surface area (Å²) < 4.78 is 10.1. The lowest BCUT2D eigenvalue weighted by Crippen LogP contribution is -2.33. The van der Waals surface area contributed by atoms with Crippen LogP contribution in [0.5, 0.6) is 5.88 Å². The number of hydrogen-bond acceptors (Lipinski definition) is 6. The fourth-order valence-corrected chi connectivity index (χ4v) is 1.91. The first-order valence-corrected chi connectivity index (χ1v) is 6.46. The summed E-state index contributed by atoms with van der Waals surface area (Å²) in [6.45, 7) is 4.22. The molecule has 1 heterocycles. The Kier molecular flexibility index (Phi) is 4.19. The van der Waals surface area contributed by atoms with Gasteiger partial charge in [0.05, 0.1) is 13.7 Å². The molecule has 19 heavy (non-hydrogen) atoms. The summed E-state index contributed by atoms with van der Waals surface area (Å²) in [6.07, 6.45) is 2.15. The Morgan fingerprint density at radius 1 is 1.47 bits per heavy atom. The summed E-state index contributed by atoms with van der Waals surface area (Å²) in [5.74, 6) is 1.63. The van der Waals surface area contributed by atoms with Crippen LogP contribution < -0.4 is 9.64 Å². The molecule has 0 atom stereocenters. The Labute approximate surface area is 112 Å². The van der Waals surface area contributed by atoms with Crippen molar-refractivity contribution in [3.8, 4) is 5.88 Å². The minimum Gasteiger partial charge on any atom is -0.481 e. The predicted octanol–water partition coefficient (Wildman–Crippen LogP) is 1.33. The highest BCUT2D eigenvalue weighted by atomic mass is 16.5. The van der Waals surface area contributed by atoms with Gasteiger partial charge in [-0.3, -0.25) is 4.79 Å². The van der Waals surface area contributed by atoms with Crippen LogP contribution in [0.3, 0.4) is 0 Å². The second kappa shape index (κ2) is 5.86. The molecule has 1 saturated carbocycles. The van der Waals surface area contributed by atoms with Gasteiger partial charge in [-0.15, -0.1) is 0 Å². The van der Waals surface area contributed by atoms with Gasteiger partial charge in [0.15, 0.2) is 0 Å². The average Bonchev–Trinajstić information content (AvgIpc) is 3.19. The van der Waals surface area contributed by atoms with E-state index in [1.54, 1.807) is 20.1 Å². The zero-order valence-corrected chi connectivity index (χ0v) is 11.5. The molecule has 1 fully saturated rings. The van der Waals surface area contributed by atoms with Crippen LogP contribution in [0, 0.1) is 6.92 Å². The second-order valence-corrected chi connectivity index (χ2v) is 4.48. The summed E-state index contributed by atoms with van der Waals surface area (Å²) in [5, 5.41) is 0. The number of hydrogen-bond donors (Lipinski definition) is 0. The Balaban J connectivity index is 2.18. The summed E-state index contributed by atoms with van der Waals surface area (Å²) >= 11 is 0. The highest BCUT2D eigenvalue weighted by Crippen LogP contribution is 2.31. The minimum atomic E-state index is -0.232. The van der Waals surface area contributed by atoms with Crippen LogP contribution in [0.1, 0.15) is 25.6 Å². The summed E-state index contributed by atoms with van der Waals surface area (Å²) in [7, 11) is 1.57. The van der Waals surface area contributed by atoms with Gasteiger partial charge in [0, 0.05) is 12.1 Å². The largest absolute Gasteiger partial charge is 0.481 e. The van der Waals surface area contributed by atoms with E-state index in [1.807, 2.05) is 11.8 Å². The molecule has 104 valence electrons. The van der Waals surface area contributed by atoms with E-state index in [0.29, 0.717) is 24.4 Å². The third kappa shape index (κ3) is 3.56. The minimum absolute atomic E-state index is 0.220. The lowest BCUT2D eigenvalue weighted by Gasteiger charge is -2.22. The molecule has 6 nitrogen and oxygen atoms in total. The van der Waals surface area contributed by atoms with Crippen molar-refractivity contribution in [3.63, 3.8) is 0 Å². The van der Waals surface area contributed by atoms with Gasteiger partial charge >= 0.3 is 5.97 Å². The Hall–Kier alpha value is -1.85. The van der Waals surface area contributed by atoms with Crippen LogP contribution in [-0.2, 0) is 9.53 Å². The molecule has 1 aliphatic rings. The molecule has 0 aromatic carbocycles. The molecule has 0 amide bonds. The fraction of sp³-hybridized carbons (Fsp3) is 0.615. The standard InChI is InChI=1S/C13H19N3O3/c1-4-19-13(17)8-16(10-5-6-10)11-7-12(18-3)15-9(2)14-11/h7,10H,4-6,8H2,1-3H3. The lowest BCUT2D eigenvalue weighted by atomic mass is 10.4. The number of anilines is 1. The third-order valence-electron chi connectivity index (χ3n) is 2.90. The molecule has 0 spiro atoms. The molecule has 1 aliphatic carbocycles. The quantitative estimate of drug-likeness (QED) is 0.723. The molecule has 0 radical (unpaired) electrons. The van der Waals surface area contributed by atoms with Crippen molar-refractivity contribution in [1.29, 1.82) is 0 Å². The monoisotopic (exact) mass is 265 g/mol. The zero-order chi connectivity index (χ0) is 13.8. The van der Waals surface area contributed by atoms with Crippen LogP contribution in [0.25, 0.3) is 0 Å². The maximum absolute atomic E-state index is 11.7.